The molecule has 1 aromatic rings. The fourth-order valence-corrected chi connectivity index (χ4v) is 2.56. The van der Waals surface area contributed by atoms with E-state index in [1.54, 1.807) is 0 Å². The molecule has 1 saturated heterocycles. The van der Waals surface area contributed by atoms with Crippen molar-refractivity contribution in [2.45, 2.75) is 12.3 Å². The summed E-state index contributed by atoms with van der Waals surface area (Å²) in [5.41, 5.74) is 1.99. The second-order valence-electron chi connectivity index (χ2n) is 4.56. The minimum atomic E-state index is 0.159. The normalized spacial score (nSPS) is 16.9. The molecular formula is C14H19BrN2O. The molecule has 18 heavy (non-hydrogen) atoms. The van der Waals surface area contributed by atoms with Crippen molar-refractivity contribution >= 4 is 21.8 Å². The molecule has 1 amide bonds. The average molecular weight is 311 g/mol. The highest BCUT2D eigenvalue weighted by molar-refractivity contribution is 9.08. The molecule has 1 fully saturated rings. The molecule has 0 aromatic heterocycles. The van der Waals surface area contributed by atoms with Gasteiger partial charge >= 0.3 is 0 Å². The van der Waals surface area contributed by atoms with E-state index in [0.29, 0.717) is 0 Å². The Morgan fingerprint density at radius 3 is 2.28 bits per heavy atom. The lowest BCUT2D eigenvalue weighted by molar-refractivity contribution is 0.0643. The Balaban J connectivity index is 1.98. The van der Waals surface area contributed by atoms with Crippen LogP contribution in [0.4, 0.5) is 0 Å². The van der Waals surface area contributed by atoms with E-state index in [9.17, 15) is 4.79 Å². The minimum Gasteiger partial charge on any atom is -0.336 e. The van der Waals surface area contributed by atoms with Crippen LogP contribution in [0.3, 0.4) is 0 Å². The van der Waals surface area contributed by atoms with Gasteiger partial charge in [0.1, 0.15) is 0 Å². The van der Waals surface area contributed by atoms with Gasteiger partial charge in [0, 0.05) is 37.1 Å². The van der Waals surface area contributed by atoms with E-state index >= 15 is 0 Å². The molecule has 98 valence electrons. The summed E-state index contributed by atoms with van der Waals surface area (Å²) in [6.45, 7) is 6.89. The summed E-state index contributed by atoms with van der Waals surface area (Å²) in [4.78, 5) is 16.6. The average Bonchev–Trinajstić information content (AvgIpc) is 2.47. The summed E-state index contributed by atoms with van der Waals surface area (Å²) >= 11 is 3.41. The Morgan fingerprint density at radius 1 is 1.17 bits per heavy atom. The topological polar surface area (TPSA) is 23.6 Å². The molecule has 2 rings (SSSR count). The molecule has 0 N–H and O–H groups in total. The molecule has 0 spiro atoms. The molecule has 4 heteroatoms. The van der Waals surface area contributed by atoms with E-state index in [1.165, 1.54) is 5.56 Å². The van der Waals surface area contributed by atoms with Crippen molar-refractivity contribution in [1.82, 2.24) is 9.80 Å². The Kier molecular flexibility index (Phi) is 4.78. The van der Waals surface area contributed by atoms with E-state index in [0.717, 1.165) is 43.6 Å². The third kappa shape index (κ3) is 3.12. The van der Waals surface area contributed by atoms with Crippen molar-refractivity contribution in [1.29, 1.82) is 0 Å². The van der Waals surface area contributed by atoms with Crippen molar-refractivity contribution in [2.24, 2.45) is 0 Å². The number of hydrogen-bond acceptors (Lipinski definition) is 2. The van der Waals surface area contributed by atoms with E-state index in [-0.39, 0.29) is 5.91 Å². The summed E-state index contributed by atoms with van der Waals surface area (Å²) < 4.78 is 0. The van der Waals surface area contributed by atoms with Gasteiger partial charge in [-0.2, -0.15) is 0 Å². The maximum atomic E-state index is 12.3. The number of nitrogens with zero attached hydrogens (tertiary/aromatic N) is 2. The van der Waals surface area contributed by atoms with Crippen LogP contribution in [0.1, 0.15) is 22.8 Å². The highest BCUT2D eigenvalue weighted by Gasteiger charge is 2.20. The van der Waals surface area contributed by atoms with Gasteiger partial charge in [-0.1, -0.05) is 35.0 Å². The van der Waals surface area contributed by atoms with Crippen LogP contribution in [-0.4, -0.2) is 48.4 Å². The molecular weight excluding hydrogens is 292 g/mol. The zero-order valence-corrected chi connectivity index (χ0v) is 12.3. The molecule has 0 bridgehead atoms. The molecule has 1 aliphatic rings. The smallest absolute Gasteiger partial charge is 0.253 e. The Labute approximate surface area is 117 Å². The zero-order valence-electron chi connectivity index (χ0n) is 10.7. The van der Waals surface area contributed by atoms with Crippen LogP contribution in [0, 0.1) is 0 Å². The number of carbonyl (C=O) groups is 1. The first kappa shape index (κ1) is 13.6. The van der Waals surface area contributed by atoms with Gasteiger partial charge in [0.15, 0.2) is 0 Å². The number of piperazine rings is 1. The molecule has 0 saturated carbocycles. The van der Waals surface area contributed by atoms with E-state index in [1.807, 2.05) is 29.2 Å². The van der Waals surface area contributed by atoms with Crippen molar-refractivity contribution < 1.29 is 4.79 Å². The Morgan fingerprint density at radius 2 is 1.78 bits per heavy atom. The van der Waals surface area contributed by atoms with Crippen molar-refractivity contribution in [2.75, 3.05) is 32.7 Å². The lowest BCUT2D eigenvalue weighted by atomic mass is 10.1. The van der Waals surface area contributed by atoms with Crippen LogP contribution in [0.25, 0.3) is 0 Å². The SMILES string of the molecule is CCN1CCN(C(=O)c2ccc(CBr)cc2)CC1. The highest BCUT2D eigenvalue weighted by atomic mass is 79.9. The molecule has 0 atom stereocenters. The molecule has 1 aromatic carbocycles. The lowest BCUT2D eigenvalue weighted by Gasteiger charge is -2.34. The summed E-state index contributed by atoms with van der Waals surface area (Å²) in [7, 11) is 0. The third-order valence-corrected chi connectivity index (χ3v) is 4.11. The maximum Gasteiger partial charge on any atom is 0.253 e. The Bertz CT molecular complexity index is 397. The van der Waals surface area contributed by atoms with E-state index in [4.69, 9.17) is 0 Å². The first-order valence-corrected chi connectivity index (χ1v) is 7.53. The van der Waals surface area contributed by atoms with Gasteiger partial charge in [0.05, 0.1) is 0 Å². The van der Waals surface area contributed by atoms with Gasteiger partial charge in [-0.25, -0.2) is 0 Å². The summed E-state index contributed by atoms with van der Waals surface area (Å²) in [5, 5.41) is 0.830. The molecule has 1 heterocycles. The number of carbonyl (C=O) groups excluding carboxylic acids is 1. The Hall–Kier alpha value is -0.870. The number of alkyl halides is 1. The van der Waals surface area contributed by atoms with Crippen LogP contribution < -0.4 is 0 Å². The first-order chi connectivity index (χ1) is 8.74. The van der Waals surface area contributed by atoms with Crippen molar-refractivity contribution in [3.05, 3.63) is 35.4 Å². The van der Waals surface area contributed by atoms with Gasteiger partial charge in [-0.3, -0.25) is 4.79 Å². The van der Waals surface area contributed by atoms with Gasteiger partial charge < -0.3 is 9.80 Å². The van der Waals surface area contributed by atoms with Gasteiger partial charge in [0.2, 0.25) is 0 Å². The molecule has 3 nitrogen and oxygen atoms in total. The number of hydrogen-bond donors (Lipinski definition) is 0. The van der Waals surface area contributed by atoms with Gasteiger partial charge in [0.25, 0.3) is 5.91 Å². The van der Waals surface area contributed by atoms with Crippen LogP contribution >= 0.6 is 15.9 Å². The van der Waals surface area contributed by atoms with Crippen LogP contribution in [0.5, 0.6) is 0 Å². The zero-order chi connectivity index (χ0) is 13.0. The number of benzene rings is 1. The summed E-state index contributed by atoms with van der Waals surface area (Å²) in [5.74, 6) is 0.159. The second kappa shape index (κ2) is 6.34. The quantitative estimate of drug-likeness (QED) is 0.800. The fourth-order valence-electron chi connectivity index (χ4n) is 2.19. The second-order valence-corrected chi connectivity index (χ2v) is 5.12. The van der Waals surface area contributed by atoms with E-state index in [2.05, 4.69) is 27.8 Å². The number of likely N-dealkylation sites (N-methyl/N-ethyl adjacent to an activating group) is 1. The molecule has 0 unspecified atom stereocenters. The van der Waals surface area contributed by atoms with Crippen molar-refractivity contribution in [3.63, 3.8) is 0 Å². The fraction of sp³-hybridized carbons (Fsp3) is 0.500. The predicted octanol–water partition coefficient (Wildman–Crippen LogP) is 2.36. The van der Waals surface area contributed by atoms with Gasteiger partial charge in [-0.15, -0.1) is 0 Å². The monoisotopic (exact) mass is 310 g/mol. The standard InChI is InChI=1S/C14H19BrN2O/c1-2-16-7-9-17(10-8-16)14(18)13-5-3-12(11-15)4-6-13/h3-6H,2,7-11H2,1H3. The molecule has 0 aliphatic carbocycles. The van der Waals surface area contributed by atoms with Crippen molar-refractivity contribution in [3.8, 4) is 0 Å². The maximum absolute atomic E-state index is 12.3. The predicted molar refractivity (Wildman–Crippen MR) is 77.1 cm³/mol. The van der Waals surface area contributed by atoms with Gasteiger partial charge in [-0.05, 0) is 24.2 Å². The first-order valence-electron chi connectivity index (χ1n) is 6.41. The highest BCUT2D eigenvalue weighted by Crippen LogP contribution is 2.12. The van der Waals surface area contributed by atoms with E-state index < -0.39 is 0 Å². The van der Waals surface area contributed by atoms with Crippen LogP contribution in [0.2, 0.25) is 0 Å². The molecule has 0 radical (unpaired) electrons. The number of rotatable bonds is 3. The lowest BCUT2D eigenvalue weighted by Crippen LogP contribution is -2.48. The largest absolute Gasteiger partial charge is 0.336 e. The molecule has 1 aliphatic heterocycles. The minimum absolute atomic E-state index is 0.159. The summed E-state index contributed by atoms with van der Waals surface area (Å²) in [6.07, 6.45) is 0. The third-order valence-electron chi connectivity index (χ3n) is 3.46. The number of amides is 1. The van der Waals surface area contributed by atoms with Crippen LogP contribution in [0.15, 0.2) is 24.3 Å². The van der Waals surface area contributed by atoms with Crippen LogP contribution in [-0.2, 0) is 5.33 Å². The number of halogens is 1. The summed E-state index contributed by atoms with van der Waals surface area (Å²) in [6, 6.07) is 7.85.